The molecule has 0 aromatic rings. The predicted octanol–water partition coefficient (Wildman–Crippen LogP) is 6.23. The maximum atomic E-state index is 5.75. The fourth-order valence-electron chi connectivity index (χ4n) is 3.00. The van der Waals surface area contributed by atoms with E-state index in [4.69, 9.17) is 9.47 Å². The van der Waals surface area contributed by atoms with E-state index in [0.29, 0.717) is 0 Å². The van der Waals surface area contributed by atoms with E-state index < -0.39 is 0 Å². The van der Waals surface area contributed by atoms with E-state index in [1.165, 1.54) is 89.9 Å². The summed E-state index contributed by atoms with van der Waals surface area (Å²) in [6.07, 6.45) is 20.5. The highest BCUT2D eigenvalue weighted by molar-refractivity contribution is 4.54. The average molecular weight is 299 g/mol. The molecule has 0 N–H and O–H groups in total. The first kappa shape index (κ1) is 19.0. The molecule has 1 saturated heterocycles. The van der Waals surface area contributed by atoms with Gasteiger partial charge in [-0.1, -0.05) is 77.6 Å². The summed E-state index contributed by atoms with van der Waals surface area (Å²) in [5, 5.41) is 0. The Morgan fingerprint density at radius 2 is 1.33 bits per heavy atom. The minimum atomic E-state index is 0.103. The van der Waals surface area contributed by atoms with Crippen molar-refractivity contribution in [2.24, 2.45) is 0 Å². The Bertz CT molecular complexity index is 200. The van der Waals surface area contributed by atoms with Gasteiger partial charge in [-0.2, -0.15) is 0 Å². The van der Waals surface area contributed by atoms with Gasteiger partial charge in [0.25, 0.3) is 0 Å². The highest BCUT2D eigenvalue weighted by atomic mass is 16.7. The summed E-state index contributed by atoms with van der Waals surface area (Å²) in [7, 11) is 0. The first-order valence-electron chi connectivity index (χ1n) is 9.66. The standard InChI is InChI=1S/C19H38O2/c1-2-3-4-5-6-7-8-9-10-11-12-14-17-20-19-16-13-15-18-21-19/h19H,2-18H2,1H3. The number of rotatable bonds is 14. The summed E-state index contributed by atoms with van der Waals surface area (Å²) in [5.41, 5.74) is 0. The van der Waals surface area contributed by atoms with Crippen LogP contribution in [0.4, 0.5) is 0 Å². The Kier molecular flexibility index (Phi) is 13.4. The summed E-state index contributed by atoms with van der Waals surface area (Å²) in [4.78, 5) is 0. The molecule has 0 saturated carbocycles. The summed E-state index contributed by atoms with van der Waals surface area (Å²) in [6, 6.07) is 0. The van der Waals surface area contributed by atoms with E-state index in [2.05, 4.69) is 6.92 Å². The van der Waals surface area contributed by atoms with Crippen LogP contribution in [0.2, 0.25) is 0 Å². The zero-order valence-electron chi connectivity index (χ0n) is 14.4. The molecule has 0 aromatic carbocycles. The summed E-state index contributed by atoms with van der Waals surface area (Å²) in [5.74, 6) is 0. The van der Waals surface area contributed by atoms with Crippen LogP contribution >= 0.6 is 0 Å². The summed E-state index contributed by atoms with van der Waals surface area (Å²) < 4.78 is 11.3. The highest BCUT2D eigenvalue weighted by Gasteiger charge is 2.13. The van der Waals surface area contributed by atoms with Crippen molar-refractivity contribution in [3.63, 3.8) is 0 Å². The molecular formula is C19H38O2. The molecular weight excluding hydrogens is 260 g/mol. The molecule has 21 heavy (non-hydrogen) atoms. The number of hydrogen-bond acceptors (Lipinski definition) is 2. The molecule has 126 valence electrons. The lowest BCUT2D eigenvalue weighted by molar-refractivity contribution is -0.162. The Hall–Kier alpha value is -0.0800. The van der Waals surface area contributed by atoms with Crippen molar-refractivity contribution in [2.45, 2.75) is 110 Å². The Morgan fingerprint density at radius 3 is 1.86 bits per heavy atom. The third kappa shape index (κ3) is 12.2. The van der Waals surface area contributed by atoms with Crippen molar-refractivity contribution in [2.75, 3.05) is 13.2 Å². The highest BCUT2D eigenvalue weighted by Crippen LogP contribution is 2.15. The van der Waals surface area contributed by atoms with Crippen molar-refractivity contribution < 1.29 is 9.47 Å². The van der Waals surface area contributed by atoms with Gasteiger partial charge in [0.15, 0.2) is 6.29 Å². The van der Waals surface area contributed by atoms with E-state index >= 15 is 0 Å². The van der Waals surface area contributed by atoms with E-state index in [0.717, 1.165) is 19.6 Å². The Balaban J connectivity index is 1.69. The topological polar surface area (TPSA) is 18.5 Å². The van der Waals surface area contributed by atoms with Crippen LogP contribution in [0.5, 0.6) is 0 Å². The maximum Gasteiger partial charge on any atom is 0.157 e. The number of unbranched alkanes of at least 4 members (excludes halogenated alkanes) is 11. The minimum Gasteiger partial charge on any atom is -0.353 e. The van der Waals surface area contributed by atoms with Gasteiger partial charge in [0.1, 0.15) is 0 Å². The van der Waals surface area contributed by atoms with E-state index in [9.17, 15) is 0 Å². The third-order valence-corrected chi connectivity index (χ3v) is 4.44. The second-order valence-electron chi connectivity index (χ2n) is 6.56. The second-order valence-corrected chi connectivity index (χ2v) is 6.56. The van der Waals surface area contributed by atoms with Gasteiger partial charge in [-0.3, -0.25) is 0 Å². The minimum absolute atomic E-state index is 0.103. The molecule has 0 bridgehead atoms. The lowest BCUT2D eigenvalue weighted by Crippen LogP contribution is -2.22. The fourth-order valence-corrected chi connectivity index (χ4v) is 3.00. The van der Waals surface area contributed by atoms with Crippen LogP contribution in [0.1, 0.15) is 103 Å². The molecule has 0 amide bonds. The molecule has 1 aliphatic rings. The smallest absolute Gasteiger partial charge is 0.157 e. The van der Waals surface area contributed by atoms with Gasteiger partial charge in [0.2, 0.25) is 0 Å². The molecule has 0 spiro atoms. The van der Waals surface area contributed by atoms with Crippen molar-refractivity contribution in [3.8, 4) is 0 Å². The quantitative estimate of drug-likeness (QED) is 0.354. The molecule has 1 atom stereocenters. The summed E-state index contributed by atoms with van der Waals surface area (Å²) in [6.45, 7) is 4.07. The van der Waals surface area contributed by atoms with Crippen LogP contribution in [0, 0.1) is 0 Å². The second kappa shape index (κ2) is 14.8. The molecule has 1 aliphatic heterocycles. The molecule has 2 nitrogen and oxygen atoms in total. The molecule has 1 rings (SSSR count). The van der Waals surface area contributed by atoms with Crippen LogP contribution in [0.15, 0.2) is 0 Å². The SMILES string of the molecule is CCCCCCCCCCCCCCOC1CCCCO1. The first-order valence-corrected chi connectivity index (χ1v) is 9.66. The zero-order valence-corrected chi connectivity index (χ0v) is 14.4. The Morgan fingerprint density at radius 1 is 0.762 bits per heavy atom. The molecule has 0 aliphatic carbocycles. The van der Waals surface area contributed by atoms with Crippen molar-refractivity contribution in [3.05, 3.63) is 0 Å². The molecule has 2 heteroatoms. The lowest BCUT2D eigenvalue weighted by atomic mass is 10.1. The predicted molar refractivity (Wildman–Crippen MR) is 90.6 cm³/mol. The van der Waals surface area contributed by atoms with E-state index in [1.807, 2.05) is 0 Å². The van der Waals surface area contributed by atoms with Crippen LogP contribution in [-0.4, -0.2) is 19.5 Å². The molecule has 0 aromatic heterocycles. The molecule has 0 radical (unpaired) electrons. The number of ether oxygens (including phenoxy) is 2. The van der Waals surface area contributed by atoms with Crippen LogP contribution in [-0.2, 0) is 9.47 Å². The van der Waals surface area contributed by atoms with Gasteiger partial charge in [0.05, 0.1) is 0 Å². The fraction of sp³-hybridized carbons (Fsp3) is 1.00. The Labute approximate surface area is 133 Å². The van der Waals surface area contributed by atoms with Crippen molar-refractivity contribution >= 4 is 0 Å². The van der Waals surface area contributed by atoms with Gasteiger partial charge in [0, 0.05) is 13.2 Å². The number of hydrogen-bond donors (Lipinski definition) is 0. The van der Waals surface area contributed by atoms with Gasteiger partial charge < -0.3 is 9.47 Å². The normalized spacial score (nSPS) is 19.0. The van der Waals surface area contributed by atoms with Gasteiger partial charge in [-0.15, -0.1) is 0 Å². The van der Waals surface area contributed by atoms with Crippen LogP contribution in [0.3, 0.4) is 0 Å². The maximum absolute atomic E-state index is 5.75. The van der Waals surface area contributed by atoms with E-state index in [1.54, 1.807) is 0 Å². The third-order valence-electron chi connectivity index (χ3n) is 4.44. The monoisotopic (exact) mass is 298 g/mol. The lowest BCUT2D eigenvalue weighted by Gasteiger charge is -2.22. The molecule has 1 heterocycles. The van der Waals surface area contributed by atoms with Crippen molar-refractivity contribution in [1.82, 2.24) is 0 Å². The van der Waals surface area contributed by atoms with Gasteiger partial charge in [-0.25, -0.2) is 0 Å². The van der Waals surface area contributed by atoms with Gasteiger partial charge >= 0.3 is 0 Å². The largest absolute Gasteiger partial charge is 0.353 e. The summed E-state index contributed by atoms with van der Waals surface area (Å²) >= 11 is 0. The molecule has 1 fully saturated rings. The zero-order chi connectivity index (χ0) is 15.0. The van der Waals surface area contributed by atoms with E-state index in [-0.39, 0.29) is 6.29 Å². The molecule has 1 unspecified atom stereocenters. The van der Waals surface area contributed by atoms with Crippen LogP contribution in [0.25, 0.3) is 0 Å². The van der Waals surface area contributed by atoms with Crippen molar-refractivity contribution in [1.29, 1.82) is 0 Å². The van der Waals surface area contributed by atoms with Gasteiger partial charge in [-0.05, 0) is 25.7 Å². The first-order chi connectivity index (χ1) is 10.4. The average Bonchev–Trinajstić information content (AvgIpc) is 2.53. The van der Waals surface area contributed by atoms with Crippen LogP contribution < -0.4 is 0 Å².